The quantitative estimate of drug-likeness (QED) is 0.349. The molecule has 0 bridgehead atoms. The van der Waals surface area contributed by atoms with Gasteiger partial charge >= 0.3 is 0 Å². The van der Waals surface area contributed by atoms with Gasteiger partial charge in [0.25, 0.3) is 0 Å². The van der Waals surface area contributed by atoms with E-state index in [1.807, 2.05) is 12.1 Å². The lowest BCUT2D eigenvalue weighted by molar-refractivity contribution is 0.265. The Balaban J connectivity index is 0.00000280. The first-order valence-corrected chi connectivity index (χ1v) is 9.72. The van der Waals surface area contributed by atoms with Crippen molar-refractivity contribution in [3.8, 4) is 0 Å². The summed E-state index contributed by atoms with van der Waals surface area (Å²) in [7, 11) is 4.11. The number of hydrogen-bond acceptors (Lipinski definition) is 4. The Morgan fingerprint density at radius 1 is 1.25 bits per heavy atom. The Morgan fingerprint density at radius 3 is 2.68 bits per heavy atom. The van der Waals surface area contributed by atoms with E-state index in [1.165, 1.54) is 5.69 Å². The van der Waals surface area contributed by atoms with Gasteiger partial charge in [-0.1, -0.05) is 18.2 Å². The molecule has 28 heavy (non-hydrogen) atoms. The molecule has 3 rings (SSSR count). The van der Waals surface area contributed by atoms with Crippen molar-refractivity contribution >= 4 is 35.6 Å². The molecule has 0 saturated carbocycles. The number of para-hydroxylation sites is 1. The summed E-state index contributed by atoms with van der Waals surface area (Å²) in [6, 6.07) is 15.1. The lowest BCUT2D eigenvalue weighted by Gasteiger charge is -2.23. The number of aliphatic imine (C=N–C) groups is 1. The van der Waals surface area contributed by atoms with Crippen LogP contribution in [0.15, 0.2) is 58.1 Å². The van der Waals surface area contributed by atoms with Crippen LogP contribution in [0.1, 0.15) is 25.1 Å². The molecule has 0 aliphatic carbocycles. The van der Waals surface area contributed by atoms with Crippen LogP contribution in [-0.4, -0.2) is 57.2 Å². The predicted octanol–water partition coefficient (Wildman–Crippen LogP) is 3.33. The number of likely N-dealkylation sites (N-methyl/N-ethyl adjacent to an activating group) is 1. The van der Waals surface area contributed by atoms with Crippen molar-refractivity contribution in [2.24, 2.45) is 4.99 Å². The number of anilines is 1. The number of nitrogens with one attached hydrogen (secondary N) is 2. The topological polar surface area (TPSA) is 56.0 Å². The zero-order valence-electron chi connectivity index (χ0n) is 17.0. The van der Waals surface area contributed by atoms with E-state index >= 15 is 0 Å². The van der Waals surface area contributed by atoms with Crippen LogP contribution in [-0.2, 0) is 0 Å². The third-order valence-electron chi connectivity index (χ3n) is 4.91. The Bertz CT molecular complexity index is 705. The van der Waals surface area contributed by atoms with Gasteiger partial charge in [0.1, 0.15) is 5.76 Å². The van der Waals surface area contributed by atoms with E-state index in [2.05, 4.69) is 71.8 Å². The highest BCUT2D eigenvalue weighted by Gasteiger charge is 2.24. The van der Waals surface area contributed by atoms with Crippen molar-refractivity contribution in [3.63, 3.8) is 0 Å². The molecule has 1 aromatic carbocycles. The standard InChI is InChI=1S/C21H31N5O.HI/c1-4-22-21(23-15-19(25(2)3)20-11-8-14-27-20)24-17-12-13-26(16-17)18-9-6-5-7-10-18;/h5-11,14,17,19H,4,12-13,15-16H2,1-3H3,(H2,22,23,24);1H. The fourth-order valence-electron chi connectivity index (χ4n) is 3.43. The van der Waals surface area contributed by atoms with Crippen molar-refractivity contribution in [2.45, 2.75) is 25.4 Å². The molecule has 2 atom stereocenters. The minimum Gasteiger partial charge on any atom is -0.468 e. The van der Waals surface area contributed by atoms with E-state index in [1.54, 1.807) is 6.26 Å². The van der Waals surface area contributed by atoms with E-state index in [0.29, 0.717) is 12.6 Å². The van der Waals surface area contributed by atoms with Crippen LogP contribution in [0.4, 0.5) is 5.69 Å². The highest BCUT2D eigenvalue weighted by molar-refractivity contribution is 14.0. The van der Waals surface area contributed by atoms with Crippen LogP contribution in [0.2, 0.25) is 0 Å². The second-order valence-electron chi connectivity index (χ2n) is 7.13. The largest absolute Gasteiger partial charge is 0.468 e. The minimum atomic E-state index is 0. The number of halogens is 1. The first kappa shape index (κ1) is 22.5. The van der Waals surface area contributed by atoms with Gasteiger partial charge in [0.2, 0.25) is 0 Å². The van der Waals surface area contributed by atoms with Crippen molar-refractivity contribution in [3.05, 3.63) is 54.5 Å². The molecule has 1 aromatic heterocycles. The third-order valence-corrected chi connectivity index (χ3v) is 4.91. The maximum Gasteiger partial charge on any atom is 0.191 e. The molecule has 1 fully saturated rings. The Kier molecular flexibility index (Phi) is 9.11. The summed E-state index contributed by atoms with van der Waals surface area (Å²) in [4.78, 5) is 9.39. The molecule has 154 valence electrons. The van der Waals surface area contributed by atoms with Crippen LogP contribution >= 0.6 is 24.0 Å². The molecular formula is C21H32IN5O. The summed E-state index contributed by atoms with van der Waals surface area (Å²) in [5, 5.41) is 6.98. The Labute approximate surface area is 185 Å². The lowest BCUT2D eigenvalue weighted by atomic mass is 10.2. The maximum atomic E-state index is 5.59. The van der Waals surface area contributed by atoms with Gasteiger partial charge < -0.3 is 20.0 Å². The number of nitrogens with zero attached hydrogens (tertiary/aromatic N) is 3. The number of furan rings is 1. The third kappa shape index (κ3) is 6.13. The van der Waals surface area contributed by atoms with Crippen LogP contribution in [0.25, 0.3) is 0 Å². The van der Waals surface area contributed by atoms with Gasteiger partial charge in [0.05, 0.1) is 18.8 Å². The molecule has 1 aliphatic rings. The number of hydrogen-bond donors (Lipinski definition) is 2. The molecular weight excluding hydrogens is 465 g/mol. The Hall–Kier alpha value is -1.74. The summed E-state index contributed by atoms with van der Waals surface area (Å²) in [5.41, 5.74) is 1.29. The summed E-state index contributed by atoms with van der Waals surface area (Å²) in [5.74, 6) is 1.81. The molecule has 0 radical (unpaired) electrons. The monoisotopic (exact) mass is 497 g/mol. The van der Waals surface area contributed by atoms with E-state index in [0.717, 1.165) is 37.8 Å². The van der Waals surface area contributed by atoms with E-state index < -0.39 is 0 Å². The van der Waals surface area contributed by atoms with Crippen molar-refractivity contribution in [1.82, 2.24) is 15.5 Å². The van der Waals surface area contributed by atoms with Crippen LogP contribution < -0.4 is 15.5 Å². The fourth-order valence-corrected chi connectivity index (χ4v) is 3.43. The van der Waals surface area contributed by atoms with Gasteiger partial charge in [-0.3, -0.25) is 9.89 Å². The molecule has 0 spiro atoms. The highest BCUT2D eigenvalue weighted by atomic mass is 127. The number of benzene rings is 1. The summed E-state index contributed by atoms with van der Waals surface area (Å²) >= 11 is 0. The van der Waals surface area contributed by atoms with E-state index in [9.17, 15) is 0 Å². The molecule has 2 heterocycles. The molecule has 0 amide bonds. The lowest BCUT2D eigenvalue weighted by Crippen LogP contribution is -2.45. The molecule has 2 N–H and O–H groups in total. The van der Waals surface area contributed by atoms with Gasteiger partial charge in [-0.05, 0) is 51.7 Å². The molecule has 6 nitrogen and oxygen atoms in total. The number of guanidine groups is 1. The smallest absolute Gasteiger partial charge is 0.191 e. The van der Waals surface area contributed by atoms with Gasteiger partial charge in [-0.25, -0.2) is 0 Å². The molecule has 7 heteroatoms. The second kappa shape index (κ2) is 11.3. The predicted molar refractivity (Wildman–Crippen MR) is 127 cm³/mol. The van der Waals surface area contributed by atoms with Crippen LogP contribution in [0.3, 0.4) is 0 Å². The van der Waals surface area contributed by atoms with Crippen molar-refractivity contribution < 1.29 is 4.42 Å². The maximum absolute atomic E-state index is 5.59. The number of rotatable bonds is 7. The Morgan fingerprint density at radius 2 is 2.04 bits per heavy atom. The van der Waals surface area contributed by atoms with Gasteiger partial charge in [0, 0.05) is 31.4 Å². The second-order valence-corrected chi connectivity index (χ2v) is 7.13. The molecule has 2 aromatic rings. The fraction of sp³-hybridized carbons (Fsp3) is 0.476. The summed E-state index contributed by atoms with van der Waals surface area (Å²) < 4.78 is 5.59. The van der Waals surface area contributed by atoms with Gasteiger partial charge in [0.15, 0.2) is 5.96 Å². The average Bonchev–Trinajstić information content (AvgIpc) is 3.35. The molecule has 2 unspecified atom stereocenters. The SMILES string of the molecule is CCNC(=NCC(c1ccco1)N(C)C)NC1CCN(c2ccccc2)C1.I. The average molecular weight is 497 g/mol. The minimum absolute atomic E-state index is 0. The summed E-state index contributed by atoms with van der Waals surface area (Å²) in [6.07, 6.45) is 2.82. The zero-order valence-corrected chi connectivity index (χ0v) is 19.3. The van der Waals surface area contributed by atoms with Crippen LogP contribution in [0.5, 0.6) is 0 Å². The zero-order chi connectivity index (χ0) is 19.1. The first-order chi connectivity index (χ1) is 13.2. The van der Waals surface area contributed by atoms with E-state index in [-0.39, 0.29) is 30.0 Å². The van der Waals surface area contributed by atoms with Gasteiger partial charge in [-0.2, -0.15) is 0 Å². The van der Waals surface area contributed by atoms with Gasteiger partial charge in [-0.15, -0.1) is 24.0 Å². The highest BCUT2D eigenvalue weighted by Crippen LogP contribution is 2.20. The first-order valence-electron chi connectivity index (χ1n) is 9.72. The van der Waals surface area contributed by atoms with Crippen molar-refractivity contribution in [1.29, 1.82) is 0 Å². The normalized spacial score (nSPS) is 18.1. The summed E-state index contributed by atoms with van der Waals surface area (Å²) in [6.45, 7) is 5.63. The van der Waals surface area contributed by atoms with Crippen molar-refractivity contribution in [2.75, 3.05) is 45.2 Å². The molecule has 1 aliphatic heterocycles. The van der Waals surface area contributed by atoms with E-state index in [4.69, 9.17) is 9.41 Å². The molecule has 1 saturated heterocycles. The van der Waals surface area contributed by atoms with Crippen LogP contribution in [0, 0.1) is 0 Å².